The van der Waals surface area contributed by atoms with Crippen molar-refractivity contribution < 1.29 is 5.11 Å². The molecule has 0 aliphatic heterocycles. The molecule has 2 aliphatic carbocycles. The number of hydrogen-bond acceptors (Lipinski definition) is 1. The van der Waals surface area contributed by atoms with Gasteiger partial charge in [-0.1, -0.05) is 32.1 Å². The van der Waals surface area contributed by atoms with Crippen LogP contribution >= 0.6 is 0 Å². The van der Waals surface area contributed by atoms with Gasteiger partial charge in [0.1, 0.15) is 0 Å². The summed E-state index contributed by atoms with van der Waals surface area (Å²) < 4.78 is 0. The quantitative estimate of drug-likeness (QED) is 0.617. The Morgan fingerprint density at radius 2 is 2.12 bits per heavy atom. The summed E-state index contributed by atoms with van der Waals surface area (Å²) in [4.78, 5) is 0. The lowest BCUT2D eigenvalue weighted by Crippen LogP contribution is -2.46. The van der Waals surface area contributed by atoms with E-state index < -0.39 is 0 Å². The van der Waals surface area contributed by atoms with Crippen LogP contribution in [0.15, 0.2) is 23.8 Å². The fraction of sp³-hybridized carbons (Fsp3) is 0.733. The van der Waals surface area contributed by atoms with Crippen LogP contribution in [0.1, 0.15) is 46.5 Å². The van der Waals surface area contributed by atoms with E-state index in [1.165, 1.54) is 12.0 Å². The van der Waals surface area contributed by atoms with Gasteiger partial charge in [-0.25, -0.2) is 0 Å². The molecule has 0 spiro atoms. The summed E-state index contributed by atoms with van der Waals surface area (Å²) in [6, 6.07) is 0. The Bertz CT molecular complexity index is 324. The summed E-state index contributed by atoms with van der Waals surface area (Å²) in [6.45, 7) is 10.9. The molecule has 0 aromatic rings. The SMILES string of the molecule is C=C1CC/C=C(/C)[C@H](O)C[C@H]2[C@H]1CC2(C)C. The molecular formula is C15H24O. The molecule has 2 aliphatic rings. The van der Waals surface area contributed by atoms with E-state index in [9.17, 15) is 5.11 Å². The summed E-state index contributed by atoms with van der Waals surface area (Å²) >= 11 is 0. The molecule has 0 saturated heterocycles. The van der Waals surface area contributed by atoms with Crippen molar-refractivity contribution in [1.82, 2.24) is 0 Å². The first kappa shape index (κ1) is 11.9. The minimum Gasteiger partial charge on any atom is -0.389 e. The second kappa shape index (κ2) is 4.03. The van der Waals surface area contributed by atoms with E-state index in [0.717, 1.165) is 24.8 Å². The Balaban J connectivity index is 2.19. The molecule has 1 saturated carbocycles. The predicted octanol–water partition coefficient (Wildman–Crippen LogP) is 3.70. The maximum absolute atomic E-state index is 10.2. The molecule has 1 heteroatoms. The Hall–Kier alpha value is -0.560. The third-order valence-corrected chi connectivity index (χ3v) is 4.69. The van der Waals surface area contributed by atoms with Gasteiger partial charge in [0.05, 0.1) is 6.10 Å². The number of aliphatic hydroxyl groups excluding tert-OH is 1. The van der Waals surface area contributed by atoms with E-state index in [2.05, 4.69) is 33.4 Å². The van der Waals surface area contributed by atoms with Crippen molar-refractivity contribution >= 4 is 0 Å². The smallest absolute Gasteiger partial charge is 0.0750 e. The van der Waals surface area contributed by atoms with E-state index in [0.29, 0.717) is 17.3 Å². The monoisotopic (exact) mass is 220 g/mol. The van der Waals surface area contributed by atoms with E-state index in [1.807, 2.05) is 0 Å². The molecule has 0 bridgehead atoms. The van der Waals surface area contributed by atoms with Gasteiger partial charge in [-0.3, -0.25) is 0 Å². The molecule has 0 aromatic carbocycles. The number of rotatable bonds is 0. The average molecular weight is 220 g/mol. The minimum atomic E-state index is -0.238. The first-order valence-corrected chi connectivity index (χ1v) is 6.44. The highest BCUT2D eigenvalue weighted by atomic mass is 16.3. The Kier molecular flexibility index (Phi) is 3.00. The van der Waals surface area contributed by atoms with Crippen molar-refractivity contribution in [3.05, 3.63) is 23.8 Å². The lowest BCUT2D eigenvalue weighted by atomic mass is 9.52. The summed E-state index contributed by atoms with van der Waals surface area (Å²) in [5.41, 5.74) is 2.94. The molecule has 16 heavy (non-hydrogen) atoms. The first-order valence-electron chi connectivity index (χ1n) is 6.44. The topological polar surface area (TPSA) is 20.2 Å². The molecule has 0 radical (unpaired) electrons. The zero-order valence-corrected chi connectivity index (χ0v) is 10.8. The Morgan fingerprint density at radius 1 is 1.44 bits per heavy atom. The van der Waals surface area contributed by atoms with E-state index in [-0.39, 0.29) is 6.10 Å². The fourth-order valence-electron chi connectivity index (χ4n) is 3.39. The van der Waals surface area contributed by atoms with Gasteiger partial charge in [0.25, 0.3) is 0 Å². The van der Waals surface area contributed by atoms with Crippen LogP contribution in [0.25, 0.3) is 0 Å². The van der Waals surface area contributed by atoms with Crippen LogP contribution < -0.4 is 0 Å². The van der Waals surface area contributed by atoms with Gasteiger partial charge in [-0.2, -0.15) is 0 Å². The number of aliphatic hydroxyl groups is 1. The van der Waals surface area contributed by atoms with Crippen molar-refractivity contribution in [2.45, 2.75) is 52.6 Å². The van der Waals surface area contributed by atoms with Crippen LogP contribution in [0.5, 0.6) is 0 Å². The van der Waals surface area contributed by atoms with Crippen LogP contribution in [0.4, 0.5) is 0 Å². The molecule has 0 unspecified atom stereocenters. The van der Waals surface area contributed by atoms with Crippen molar-refractivity contribution in [3.63, 3.8) is 0 Å². The second-order valence-corrected chi connectivity index (χ2v) is 6.30. The zero-order valence-electron chi connectivity index (χ0n) is 10.8. The van der Waals surface area contributed by atoms with Crippen LogP contribution in [0.3, 0.4) is 0 Å². The molecule has 0 aromatic heterocycles. The first-order chi connectivity index (χ1) is 7.42. The highest BCUT2D eigenvalue weighted by Gasteiger charge is 2.48. The number of hydrogen-bond donors (Lipinski definition) is 1. The van der Waals surface area contributed by atoms with Crippen molar-refractivity contribution in [2.24, 2.45) is 17.3 Å². The average Bonchev–Trinajstić information content (AvgIpc) is 2.24. The van der Waals surface area contributed by atoms with Gasteiger partial charge < -0.3 is 5.11 Å². The van der Waals surface area contributed by atoms with Crippen molar-refractivity contribution in [3.8, 4) is 0 Å². The number of allylic oxidation sites excluding steroid dienone is 2. The van der Waals surface area contributed by atoms with Gasteiger partial charge in [0, 0.05) is 0 Å². The number of fused-ring (bicyclic) bond motifs is 1. The zero-order chi connectivity index (χ0) is 11.9. The Morgan fingerprint density at radius 3 is 2.75 bits per heavy atom. The van der Waals surface area contributed by atoms with Crippen LogP contribution in [-0.2, 0) is 0 Å². The molecule has 1 fully saturated rings. The van der Waals surface area contributed by atoms with Gasteiger partial charge in [-0.15, -0.1) is 0 Å². The van der Waals surface area contributed by atoms with E-state index in [1.54, 1.807) is 0 Å². The summed E-state index contributed by atoms with van der Waals surface area (Å²) in [7, 11) is 0. The maximum atomic E-state index is 10.2. The van der Waals surface area contributed by atoms with Gasteiger partial charge >= 0.3 is 0 Å². The van der Waals surface area contributed by atoms with Crippen molar-refractivity contribution in [1.29, 1.82) is 0 Å². The molecule has 0 heterocycles. The molecule has 2 rings (SSSR count). The highest BCUT2D eigenvalue weighted by Crippen LogP contribution is 2.56. The maximum Gasteiger partial charge on any atom is 0.0750 e. The van der Waals surface area contributed by atoms with Gasteiger partial charge in [0.15, 0.2) is 0 Å². The second-order valence-electron chi connectivity index (χ2n) is 6.30. The summed E-state index contributed by atoms with van der Waals surface area (Å²) in [5, 5.41) is 10.2. The minimum absolute atomic E-state index is 0.238. The largest absolute Gasteiger partial charge is 0.389 e. The van der Waals surface area contributed by atoms with Gasteiger partial charge in [0.2, 0.25) is 0 Å². The lowest BCUT2D eigenvalue weighted by molar-refractivity contribution is -0.0197. The molecule has 90 valence electrons. The highest BCUT2D eigenvalue weighted by molar-refractivity contribution is 5.18. The molecule has 0 amide bonds. The van der Waals surface area contributed by atoms with Crippen LogP contribution in [0.2, 0.25) is 0 Å². The lowest BCUT2D eigenvalue weighted by Gasteiger charge is -2.53. The third kappa shape index (κ3) is 1.98. The third-order valence-electron chi connectivity index (χ3n) is 4.69. The van der Waals surface area contributed by atoms with E-state index >= 15 is 0 Å². The fourth-order valence-corrected chi connectivity index (χ4v) is 3.39. The van der Waals surface area contributed by atoms with Gasteiger partial charge in [-0.05, 0) is 55.4 Å². The predicted molar refractivity (Wildman–Crippen MR) is 68.1 cm³/mol. The summed E-state index contributed by atoms with van der Waals surface area (Å²) in [6.07, 6.45) is 6.26. The molecular weight excluding hydrogens is 196 g/mol. The molecule has 1 N–H and O–H groups in total. The molecule has 3 atom stereocenters. The molecule has 1 nitrogen and oxygen atoms in total. The van der Waals surface area contributed by atoms with Crippen LogP contribution in [-0.4, -0.2) is 11.2 Å². The van der Waals surface area contributed by atoms with E-state index in [4.69, 9.17) is 0 Å². The normalized spacial score (nSPS) is 41.9. The summed E-state index contributed by atoms with van der Waals surface area (Å²) in [5.74, 6) is 1.28. The standard InChI is InChI=1S/C15H24O/c1-10-6-5-7-11(2)14(16)8-13-12(10)9-15(13,3)4/h7,12-14,16H,1,5-6,8-9H2,2-4H3/b11-7-/t12-,13-,14+/m0/s1. The van der Waals surface area contributed by atoms with Crippen molar-refractivity contribution in [2.75, 3.05) is 0 Å². The Labute approximate surface area is 99.3 Å². The van der Waals surface area contributed by atoms with Crippen LogP contribution in [0, 0.1) is 17.3 Å².